The molecule has 1 aliphatic carbocycles. The van der Waals surface area contributed by atoms with Gasteiger partial charge in [-0.1, -0.05) is 56.3 Å². The molecule has 180 valence electrons. The van der Waals surface area contributed by atoms with Crippen molar-refractivity contribution in [3.8, 4) is 22.5 Å². The first-order valence-corrected chi connectivity index (χ1v) is 12.5. The molecule has 2 aromatic carbocycles. The lowest BCUT2D eigenvalue weighted by molar-refractivity contribution is 0.0951. The number of likely N-dealkylation sites (N-methyl/N-ethyl adjacent to an activating group) is 1. The fourth-order valence-corrected chi connectivity index (χ4v) is 4.23. The number of fused-ring (bicyclic) bond motifs is 1. The number of amides is 1. The molecule has 0 aliphatic heterocycles. The highest BCUT2D eigenvalue weighted by molar-refractivity contribution is 5.95. The predicted molar refractivity (Wildman–Crippen MR) is 141 cm³/mol. The fourth-order valence-electron chi connectivity index (χ4n) is 4.23. The molecule has 0 spiro atoms. The Morgan fingerprint density at radius 3 is 2.46 bits per heavy atom. The van der Waals surface area contributed by atoms with Gasteiger partial charge in [-0.05, 0) is 38.1 Å². The maximum atomic E-state index is 12.4. The zero-order chi connectivity index (χ0) is 24.2. The Kier molecular flexibility index (Phi) is 6.77. The van der Waals surface area contributed by atoms with Crippen LogP contribution in [0, 0.1) is 0 Å². The van der Waals surface area contributed by atoms with E-state index in [9.17, 15) is 4.79 Å². The van der Waals surface area contributed by atoms with Gasteiger partial charge >= 0.3 is 0 Å². The van der Waals surface area contributed by atoms with Gasteiger partial charge in [0.05, 0.1) is 17.6 Å². The van der Waals surface area contributed by atoms with Crippen molar-refractivity contribution in [1.82, 2.24) is 24.6 Å². The van der Waals surface area contributed by atoms with E-state index in [2.05, 4.69) is 45.9 Å². The molecule has 1 saturated carbocycles. The lowest BCUT2D eigenvalue weighted by Crippen LogP contribution is -2.28. The first kappa shape index (κ1) is 23.1. The van der Waals surface area contributed by atoms with E-state index in [1.165, 1.54) is 0 Å². The molecule has 7 nitrogen and oxygen atoms in total. The van der Waals surface area contributed by atoms with Gasteiger partial charge in [0.2, 0.25) is 0 Å². The summed E-state index contributed by atoms with van der Waals surface area (Å²) in [6.45, 7) is 8.12. The minimum absolute atomic E-state index is 0.00700. The second-order valence-corrected chi connectivity index (χ2v) is 8.96. The quantitative estimate of drug-likeness (QED) is 0.353. The fraction of sp³-hybridized carbons (Fsp3) is 0.321. The van der Waals surface area contributed by atoms with Crippen molar-refractivity contribution < 1.29 is 4.79 Å². The van der Waals surface area contributed by atoms with E-state index in [0.717, 1.165) is 73.0 Å². The molecule has 7 heteroatoms. The lowest BCUT2D eigenvalue weighted by atomic mass is 10.1. The molecule has 5 rings (SSSR count). The third-order valence-electron chi connectivity index (χ3n) is 6.53. The van der Waals surface area contributed by atoms with Crippen molar-refractivity contribution in [3.05, 3.63) is 72.6 Å². The third kappa shape index (κ3) is 5.20. The van der Waals surface area contributed by atoms with E-state index in [0.29, 0.717) is 11.6 Å². The van der Waals surface area contributed by atoms with Crippen molar-refractivity contribution in [2.45, 2.75) is 32.7 Å². The van der Waals surface area contributed by atoms with Gasteiger partial charge in [0.25, 0.3) is 5.91 Å². The van der Waals surface area contributed by atoms with Crippen LogP contribution >= 0.6 is 0 Å². The minimum atomic E-state index is -0.00700. The molecular formula is C28H32N6O. The number of carbonyl (C=O) groups is 1. The number of hydrogen-bond donors (Lipinski definition) is 2. The number of imidazole rings is 1. The van der Waals surface area contributed by atoms with Crippen molar-refractivity contribution in [3.63, 3.8) is 0 Å². The number of nitrogens with one attached hydrogen (secondary N) is 2. The number of aromatic nitrogens is 3. The van der Waals surface area contributed by atoms with Crippen molar-refractivity contribution in [2.24, 2.45) is 0 Å². The standard InChI is InChI=1S/C28H32N6O/c1-3-33(4-2)17-16-29-26-27-30-18-25(34(27)19-24(32-26)20-8-6-5-7-9-20)21-10-12-22(13-11-21)28(35)31-23-14-15-23/h5-13,18-19,23H,3-4,14-17H2,1-2H3,(H,29,32)(H,31,35). The topological polar surface area (TPSA) is 74.6 Å². The molecule has 0 unspecified atom stereocenters. The van der Waals surface area contributed by atoms with Gasteiger partial charge < -0.3 is 15.5 Å². The van der Waals surface area contributed by atoms with Gasteiger partial charge in [0, 0.05) is 42.0 Å². The SMILES string of the molecule is CCN(CC)CCNc1nc(-c2ccccc2)cn2c(-c3ccc(C(=O)NC4CC4)cc3)cnc12. The summed E-state index contributed by atoms with van der Waals surface area (Å²) in [5, 5.41) is 6.57. The Morgan fingerprint density at radius 2 is 1.77 bits per heavy atom. The summed E-state index contributed by atoms with van der Waals surface area (Å²) in [5.41, 5.74) is 5.35. The molecule has 0 saturated heterocycles. The first-order valence-electron chi connectivity index (χ1n) is 12.5. The first-order chi connectivity index (χ1) is 17.2. The van der Waals surface area contributed by atoms with Gasteiger partial charge in [-0.15, -0.1) is 0 Å². The minimum Gasteiger partial charge on any atom is -0.366 e. The summed E-state index contributed by atoms with van der Waals surface area (Å²) in [6.07, 6.45) is 6.07. The van der Waals surface area contributed by atoms with Crippen LogP contribution in [0.1, 0.15) is 37.0 Å². The van der Waals surface area contributed by atoms with Crippen LogP contribution < -0.4 is 10.6 Å². The molecule has 1 amide bonds. The molecule has 1 fully saturated rings. The summed E-state index contributed by atoms with van der Waals surface area (Å²) >= 11 is 0. The number of carbonyl (C=O) groups excluding carboxylic acids is 1. The monoisotopic (exact) mass is 468 g/mol. The van der Waals surface area contributed by atoms with Crippen LogP contribution in [-0.4, -0.2) is 57.4 Å². The van der Waals surface area contributed by atoms with Crippen LogP contribution in [0.2, 0.25) is 0 Å². The Morgan fingerprint density at radius 1 is 1.03 bits per heavy atom. The summed E-state index contributed by atoms with van der Waals surface area (Å²) < 4.78 is 2.09. The van der Waals surface area contributed by atoms with Gasteiger partial charge in [-0.25, -0.2) is 9.97 Å². The van der Waals surface area contributed by atoms with E-state index in [-0.39, 0.29) is 5.91 Å². The highest BCUT2D eigenvalue weighted by Gasteiger charge is 2.23. The number of nitrogens with zero attached hydrogens (tertiary/aromatic N) is 4. The molecule has 2 N–H and O–H groups in total. The molecule has 1 aliphatic rings. The molecule has 0 bridgehead atoms. The van der Waals surface area contributed by atoms with Gasteiger partial charge in [0.15, 0.2) is 11.5 Å². The molecular weight excluding hydrogens is 436 g/mol. The van der Waals surface area contributed by atoms with Crippen LogP contribution in [0.15, 0.2) is 67.0 Å². The number of rotatable bonds is 10. The Labute approximate surface area is 206 Å². The summed E-state index contributed by atoms with van der Waals surface area (Å²) in [7, 11) is 0. The van der Waals surface area contributed by atoms with Crippen LogP contribution in [-0.2, 0) is 0 Å². The maximum absolute atomic E-state index is 12.4. The van der Waals surface area contributed by atoms with Crippen molar-refractivity contribution >= 4 is 17.4 Å². The van der Waals surface area contributed by atoms with E-state index in [1.54, 1.807) is 0 Å². The number of anilines is 1. The van der Waals surface area contributed by atoms with Crippen LogP contribution in [0.5, 0.6) is 0 Å². The van der Waals surface area contributed by atoms with E-state index >= 15 is 0 Å². The predicted octanol–water partition coefficient (Wildman–Crippen LogP) is 4.71. The zero-order valence-corrected chi connectivity index (χ0v) is 20.4. The van der Waals surface area contributed by atoms with Crippen LogP contribution in [0.4, 0.5) is 5.82 Å². The Hall–Kier alpha value is -3.71. The van der Waals surface area contributed by atoms with E-state index < -0.39 is 0 Å². The summed E-state index contributed by atoms with van der Waals surface area (Å²) in [5.74, 6) is 0.762. The van der Waals surface area contributed by atoms with E-state index in [4.69, 9.17) is 9.97 Å². The second kappa shape index (κ2) is 10.3. The molecule has 2 heterocycles. The normalized spacial score (nSPS) is 13.3. The second-order valence-electron chi connectivity index (χ2n) is 8.96. The highest BCUT2D eigenvalue weighted by atomic mass is 16.1. The maximum Gasteiger partial charge on any atom is 0.251 e. The molecule has 0 atom stereocenters. The molecule has 0 radical (unpaired) electrons. The lowest BCUT2D eigenvalue weighted by Gasteiger charge is -2.18. The molecule has 35 heavy (non-hydrogen) atoms. The smallest absolute Gasteiger partial charge is 0.251 e. The Bertz CT molecular complexity index is 1290. The number of benzene rings is 2. The molecule has 4 aromatic rings. The molecule has 2 aromatic heterocycles. The zero-order valence-electron chi connectivity index (χ0n) is 20.4. The number of hydrogen-bond acceptors (Lipinski definition) is 5. The Balaban J connectivity index is 1.48. The van der Waals surface area contributed by atoms with E-state index in [1.807, 2.05) is 54.9 Å². The van der Waals surface area contributed by atoms with Crippen molar-refractivity contribution in [2.75, 3.05) is 31.5 Å². The largest absolute Gasteiger partial charge is 0.366 e. The third-order valence-corrected chi connectivity index (χ3v) is 6.53. The average molecular weight is 469 g/mol. The highest BCUT2D eigenvalue weighted by Crippen LogP contribution is 2.28. The van der Waals surface area contributed by atoms with Gasteiger partial charge in [-0.3, -0.25) is 9.20 Å². The van der Waals surface area contributed by atoms with Crippen molar-refractivity contribution in [1.29, 1.82) is 0 Å². The summed E-state index contributed by atoms with van der Waals surface area (Å²) in [4.78, 5) is 24.4. The average Bonchev–Trinajstić information content (AvgIpc) is 3.62. The van der Waals surface area contributed by atoms with Gasteiger partial charge in [-0.2, -0.15) is 0 Å². The summed E-state index contributed by atoms with van der Waals surface area (Å²) in [6, 6.07) is 18.3. The van der Waals surface area contributed by atoms with Crippen LogP contribution in [0.25, 0.3) is 28.2 Å². The van der Waals surface area contributed by atoms with Gasteiger partial charge in [0.1, 0.15) is 0 Å². The van der Waals surface area contributed by atoms with Crippen LogP contribution in [0.3, 0.4) is 0 Å².